The minimum atomic E-state index is -0.955. The summed E-state index contributed by atoms with van der Waals surface area (Å²) in [4.78, 5) is 31.2. The highest BCUT2D eigenvalue weighted by molar-refractivity contribution is 8.00. The molecule has 138 valence electrons. The van der Waals surface area contributed by atoms with E-state index in [-0.39, 0.29) is 11.6 Å². The molecule has 1 aromatic heterocycles. The molecule has 27 heavy (non-hydrogen) atoms. The number of benzene rings is 2. The Kier molecular flexibility index (Phi) is 5.31. The molecule has 7 nitrogen and oxygen atoms in total. The molecule has 0 aliphatic rings. The average molecular weight is 386 g/mol. The van der Waals surface area contributed by atoms with Crippen LogP contribution in [0.3, 0.4) is 0 Å². The molecule has 1 N–H and O–H groups in total. The first-order chi connectivity index (χ1) is 12.8. The maximum Gasteiger partial charge on any atom is 0.306 e. The fourth-order valence-corrected chi connectivity index (χ4v) is 3.43. The number of amides is 1. The van der Waals surface area contributed by atoms with Crippen molar-refractivity contribution in [1.29, 1.82) is 0 Å². The quantitative estimate of drug-likeness (QED) is 0.307. The van der Waals surface area contributed by atoms with Gasteiger partial charge in [-0.3, -0.25) is 14.9 Å². The van der Waals surface area contributed by atoms with Crippen LogP contribution < -0.4 is 5.32 Å². The second kappa shape index (κ2) is 7.67. The Morgan fingerprint density at radius 2 is 2.00 bits per heavy atom. The van der Waals surface area contributed by atoms with Crippen LogP contribution in [0.1, 0.15) is 12.7 Å². The van der Waals surface area contributed by atoms with Crippen molar-refractivity contribution in [3.8, 4) is 0 Å². The Morgan fingerprint density at radius 3 is 2.74 bits per heavy atom. The highest BCUT2D eigenvalue weighted by Crippen LogP contribution is 2.29. The van der Waals surface area contributed by atoms with Gasteiger partial charge in [0.05, 0.1) is 15.7 Å². The lowest BCUT2D eigenvalue weighted by molar-refractivity contribution is -0.387. The van der Waals surface area contributed by atoms with Gasteiger partial charge in [-0.1, -0.05) is 30.0 Å². The third kappa shape index (κ3) is 4.20. The zero-order valence-corrected chi connectivity index (χ0v) is 15.3. The predicted molar refractivity (Wildman–Crippen MR) is 101 cm³/mol. The van der Waals surface area contributed by atoms with Crippen LogP contribution >= 0.6 is 11.8 Å². The normalized spacial score (nSPS) is 12.0. The molecular formula is C18H15FN4O3S. The summed E-state index contributed by atoms with van der Waals surface area (Å²) in [7, 11) is 0. The van der Waals surface area contributed by atoms with E-state index in [0.29, 0.717) is 10.9 Å². The molecule has 0 aliphatic heterocycles. The summed E-state index contributed by atoms with van der Waals surface area (Å²) in [5.41, 5.74) is 0.254. The topological polar surface area (TPSA) is 98.0 Å². The van der Waals surface area contributed by atoms with E-state index in [9.17, 15) is 19.3 Å². The van der Waals surface area contributed by atoms with E-state index in [1.807, 2.05) is 24.3 Å². The summed E-state index contributed by atoms with van der Waals surface area (Å²) in [6.45, 7) is 3.48. The number of para-hydroxylation sites is 1. The lowest BCUT2D eigenvalue weighted by Crippen LogP contribution is -2.22. The van der Waals surface area contributed by atoms with Crippen LogP contribution in [0.5, 0.6) is 0 Å². The second-order valence-electron chi connectivity index (χ2n) is 5.77. The van der Waals surface area contributed by atoms with Gasteiger partial charge in [0.15, 0.2) is 0 Å². The van der Waals surface area contributed by atoms with Gasteiger partial charge in [0.2, 0.25) is 11.7 Å². The summed E-state index contributed by atoms with van der Waals surface area (Å²) >= 11 is 1.26. The molecule has 1 heterocycles. The fraction of sp³-hybridized carbons (Fsp3) is 0.167. The zero-order valence-electron chi connectivity index (χ0n) is 14.5. The number of nitro benzene ring substituents is 1. The molecule has 0 saturated carbocycles. The van der Waals surface area contributed by atoms with Crippen molar-refractivity contribution < 1.29 is 14.1 Å². The number of carbonyl (C=O) groups excluding carboxylic acids is 1. The summed E-state index contributed by atoms with van der Waals surface area (Å²) in [5, 5.41) is 14.4. The lowest BCUT2D eigenvalue weighted by atomic mass is 10.2. The van der Waals surface area contributed by atoms with Crippen molar-refractivity contribution in [3.63, 3.8) is 0 Å². The number of carbonyl (C=O) groups is 1. The van der Waals surface area contributed by atoms with Gasteiger partial charge in [-0.2, -0.15) is 4.39 Å². The Hall–Kier alpha value is -3.07. The summed E-state index contributed by atoms with van der Waals surface area (Å²) < 4.78 is 13.4. The Balaban J connectivity index is 1.79. The molecule has 1 amide bonds. The first kappa shape index (κ1) is 18.7. The molecular weight excluding hydrogens is 371 g/mol. The number of thioether (sulfide) groups is 1. The average Bonchev–Trinajstić information content (AvgIpc) is 2.62. The molecule has 0 aliphatic carbocycles. The molecule has 3 aromatic rings. The Bertz CT molecular complexity index is 1040. The SMILES string of the molecule is Cc1nc(S[C@H](C)C(=O)Nc2ccc(F)c([N+](=O)[O-])c2)c2ccccc2n1. The van der Waals surface area contributed by atoms with Crippen LogP contribution in [0.15, 0.2) is 47.5 Å². The summed E-state index contributed by atoms with van der Waals surface area (Å²) in [5.74, 6) is -0.734. The minimum absolute atomic E-state index is 0.157. The van der Waals surface area contributed by atoms with E-state index in [1.54, 1.807) is 13.8 Å². The van der Waals surface area contributed by atoms with Gasteiger partial charge in [-0.15, -0.1) is 0 Å². The van der Waals surface area contributed by atoms with E-state index in [1.165, 1.54) is 17.8 Å². The molecule has 0 saturated heterocycles. The number of hydrogen-bond donors (Lipinski definition) is 1. The van der Waals surface area contributed by atoms with Crippen LogP contribution in [-0.4, -0.2) is 26.0 Å². The zero-order chi connectivity index (χ0) is 19.6. The molecule has 0 radical (unpaired) electrons. The molecule has 0 fully saturated rings. The third-order valence-electron chi connectivity index (χ3n) is 3.75. The lowest BCUT2D eigenvalue weighted by Gasteiger charge is -2.13. The highest BCUT2D eigenvalue weighted by Gasteiger charge is 2.20. The van der Waals surface area contributed by atoms with Crippen molar-refractivity contribution in [2.45, 2.75) is 24.1 Å². The van der Waals surface area contributed by atoms with E-state index in [0.717, 1.165) is 23.0 Å². The third-order valence-corrected chi connectivity index (χ3v) is 4.85. The van der Waals surface area contributed by atoms with Crippen molar-refractivity contribution in [2.24, 2.45) is 0 Å². The number of hydrogen-bond acceptors (Lipinski definition) is 6. The van der Waals surface area contributed by atoms with E-state index in [2.05, 4.69) is 15.3 Å². The fourth-order valence-electron chi connectivity index (χ4n) is 2.44. The Morgan fingerprint density at radius 1 is 1.26 bits per heavy atom. The number of aryl methyl sites for hydroxylation is 1. The first-order valence-corrected chi connectivity index (χ1v) is 8.88. The van der Waals surface area contributed by atoms with Gasteiger partial charge >= 0.3 is 5.69 Å². The number of nitro groups is 1. The highest BCUT2D eigenvalue weighted by atomic mass is 32.2. The number of fused-ring (bicyclic) bond motifs is 1. The van der Waals surface area contributed by atoms with Gasteiger partial charge in [-0.25, -0.2) is 9.97 Å². The summed E-state index contributed by atoms with van der Waals surface area (Å²) in [6.07, 6.45) is 0. The largest absolute Gasteiger partial charge is 0.325 e. The van der Waals surface area contributed by atoms with Gasteiger partial charge in [0.25, 0.3) is 0 Å². The second-order valence-corrected chi connectivity index (χ2v) is 7.10. The molecule has 0 unspecified atom stereocenters. The van der Waals surface area contributed by atoms with Crippen molar-refractivity contribution in [3.05, 3.63) is 64.2 Å². The van der Waals surface area contributed by atoms with Gasteiger partial charge in [-0.05, 0) is 32.0 Å². The monoisotopic (exact) mass is 386 g/mol. The van der Waals surface area contributed by atoms with Crippen LogP contribution in [0.4, 0.5) is 15.8 Å². The number of aromatic nitrogens is 2. The summed E-state index contributed by atoms with van der Waals surface area (Å²) in [6, 6.07) is 10.7. The van der Waals surface area contributed by atoms with Gasteiger partial charge < -0.3 is 5.32 Å². The number of nitrogens with zero attached hydrogens (tertiary/aromatic N) is 3. The maximum atomic E-state index is 13.4. The maximum absolute atomic E-state index is 13.4. The van der Waals surface area contributed by atoms with Crippen LogP contribution in [-0.2, 0) is 4.79 Å². The predicted octanol–water partition coefficient (Wildman–Crippen LogP) is 4.10. The van der Waals surface area contributed by atoms with Gasteiger partial charge in [0, 0.05) is 17.1 Å². The number of anilines is 1. The van der Waals surface area contributed by atoms with Crippen molar-refractivity contribution in [2.75, 3.05) is 5.32 Å². The Labute approximate surface area is 158 Å². The van der Waals surface area contributed by atoms with E-state index < -0.39 is 21.7 Å². The number of nitrogens with one attached hydrogen (secondary N) is 1. The number of halogens is 1. The molecule has 1 atom stereocenters. The van der Waals surface area contributed by atoms with Crippen LogP contribution in [0.25, 0.3) is 10.9 Å². The molecule has 0 bridgehead atoms. The molecule has 2 aromatic carbocycles. The van der Waals surface area contributed by atoms with Crippen molar-refractivity contribution >= 4 is 39.9 Å². The smallest absolute Gasteiger partial charge is 0.306 e. The van der Waals surface area contributed by atoms with E-state index in [4.69, 9.17) is 0 Å². The molecule has 0 spiro atoms. The van der Waals surface area contributed by atoms with Crippen LogP contribution in [0.2, 0.25) is 0 Å². The van der Waals surface area contributed by atoms with Crippen LogP contribution in [0, 0.1) is 22.9 Å². The van der Waals surface area contributed by atoms with Gasteiger partial charge in [0.1, 0.15) is 10.9 Å². The number of rotatable bonds is 5. The minimum Gasteiger partial charge on any atom is -0.325 e. The molecule has 3 rings (SSSR count). The molecule has 9 heteroatoms. The van der Waals surface area contributed by atoms with E-state index >= 15 is 0 Å². The standard InChI is InChI=1S/C18H15FN4O3S/c1-10(17(24)22-12-7-8-14(19)16(9-12)23(25)26)27-18-13-5-3-4-6-15(13)20-11(2)21-18/h3-10H,1-2H3,(H,22,24)/t10-/m1/s1. The van der Waals surface area contributed by atoms with Crippen molar-refractivity contribution in [1.82, 2.24) is 9.97 Å². The first-order valence-electron chi connectivity index (χ1n) is 8.00.